The lowest BCUT2D eigenvalue weighted by Gasteiger charge is -2.03. The number of aryl methyl sites for hydroxylation is 2. The summed E-state index contributed by atoms with van der Waals surface area (Å²) >= 11 is 0. The highest BCUT2D eigenvalue weighted by Crippen LogP contribution is 2.20. The van der Waals surface area contributed by atoms with E-state index in [2.05, 4.69) is 15.3 Å². The molecule has 0 aliphatic heterocycles. The van der Waals surface area contributed by atoms with Crippen molar-refractivity contribution in [1.82, 2.24) is 9.97 Å². The SMILES string of the molecule is Cc1ccc2nc(Nc3ccc(C)c(F)c3)[nH]c2c1. The zero-order chi connectivity index (χ0) is 13.4. The molecule has 2 aromatic carbocycles. The summed E-state index contributed by atoms with van der Waals surface area (Å²) in [5.74, 6) is 0.390. The largest absolute Gasteiger partial charge is 0.326 e. The lowest BCUT2D eigenvalue weighted by molar-refractivity contribution is 0.619. The molecule has 3 aromatic rings. The number of aromatic amines is 1. The molecule has 4 heteroatoms. The molecule has 0 fully saturated rings. The molecule has 0 saturated heterocycles. The fourth-order valence-electron chi connectivity index (χ4n) is 1.99. The van der Waals surface area contributed by atoms with Gasteiger partial charge in [0.1, 0.15) is 5.82 Å². The smallest absolute Gasteiger partial charge is 0.205 e. The molecule has 3 rings (SSSR count). The first-order valence-electron chi connectivity index (χ1n) is 6.11. The van der Waals surface area contributed by atoms with E-state index >= 15 is 0 Å². The van der Waals surface area contributed by atoms with Crippen molar-refractivity contribution in [3.8, 4) is 0 Å². The molecule has 0 aliphatic carbocycles. The van der Waals surface area contributed by atoms with Gasteiger partial charge in [-0.1, -0.05) is 12.1 Å². The summed E-state index contributed by atoms with van der Waals surface area (Å²) in [6.07, 6.45) is 0. The first-order chi connectivity index (χ1) is 9.11. The molecule has 1 aromatic heterocycles. The highest BCUT2D eigenvalue weighted by molar-refractivity contribution is 5.79. The van der Waals surface area contributed by atoms with Crippen molar-refractivity contribution in [1.29, 1.82) is 0 Å². The number of benzene rings is 2. The quantitative estimate of drug-likeness (QED) is 0.725. The van der Waals surface area contributed by atoms with Crippen LogP contribution in [0.3, 0.4) is 0 Å². The number of nitrogens with zero attached hydrogens (tertiary/aromatic N) is 1. The summed E-state index contributed by atoms with van der Waals surface area (Å²) in [5.41, 5.74) is 4.34. The summed E-state index contributed by atoms with van der Waals surface area (Å²) in [7, 11) is 0. The third-order valence-electron chi connectivity index (χ3n) is 3.07. The number of imidazole rings is 1. The van der Waals surface area contributed by atoms with Gasteiger partial charge in [0.2, 0.25) is 5.95 Å². The molecule has 3 nitrogen and oxygen atoms in total. The van der Waals surface area contributed by atoms with Gasteiger partial charge in [0.25, 0.3) is 0 Å². The van der Waals surface area contributed by atoms with E-state index < -0.39 is 0 Å². The van der Waals surface area contributed by atoms with Crippen molar-refractivity contribution >= 4 is 22.7 Å². The van der Waals surface area contributed by atoms with Crippen LogP contribution in [0, 0.1) is 19.7 Å². The average molecular weight is 255 g/mol. The van der Waals surface area contributed by atoms with E-state index in [0.717, 1.165) is 11.0 Å². The van der Waals surface area contributed by atoms with E-state index in [0.29, 0.717) is 17.2 Å². The minimum Gasteiger partial charge on any atom is -0.326 e. The number of nitrogens with one attached hydrogen (secondary N) is 2. The maximum atomic E-state index is 13.5. The first kappa shape index (κ1) is 11.7. The molecule has 1 heterocycles. The van der Waals surface area contributed by atoms with Gasteiger partial charge in [-0.25, -0.2) is 9.37 Å². The Kier molecular flexibility index (Phi) is 2.71. The van der Waals surface area contributed by atoms with Gasteiger partial charge in [0.15, 0.2) is 0 Å². The minimum absolute atomic E-state index is 0.225. The van der Waals surface area contributed by atoms with Gasteiger partial charge in [-0.3, -0.25) is 0 Å². The van der Waals surface area contributed by atoms with E-state index in [1.54, 1.807) is 13.0 Å². The lowest BCUT2D eigenvalue weighted by atomic mass is 10.2. The number of fused-ring (bicyclic) bond motifs is 1. The van der Waals surface area contributed by atoms with E-state index in [4.69, 9.17) is 0 Å². The Bertz CT molecular complexity index is 746. The van der Waals surface area contributed by atoms with Crippen LogP contribution in [0.15, 0.2) is 36.4 Å². The molecule has 0 saturated carbocycles. The van der Waals surface area contributed by atoms with Gasteiger partial charge >= 0.3 is 0 Å². The standard InChI is InChI=1S/C15H14FN3/c1-9-3-6-13-14(7-9)19-15(18-13)17-11-5-4-10(2)12(16)8-11/h3-8H,1-2H3,(H2,17,18,19). The molecular weight excluding hydrogens is 241 g/mol. The molecule has 0 aliphatic rings. The van der Waals surface area contributed by atoms with Crippen molar-refractivity contribution in [2.45, 2.75) is 13.8 Å². The fourth-order valence-corrected chi connectivity index (χ4v) is 1.99. The third kappa shape index (κ3) is 2.29. The summed E-state index contributed by atoms with van der Waals surface area (Å²) in [6, 6.07) is 11.0. The van der Waals surface area contributed by atoms with Crippen LogP contribution >= 0.6 is 0 Å². The van der Waals surface area contributed by atoms with Gasteiger partial charge < -0.3 is 10.3 Å². The second-order valence-electron chi connectivity index (χ2n) is 4.69. The number of hydrogen-bond acceptors (Lipinski definition) is 2. The van der Waals surface area contributed by atoms with Gasteiger partial charge in [-0.15, -0.1) is 0 Å². The summed E-state index contributed by atoms with van der Waals surface area (Å²) in [6.45, 7) is 3.77. The molecule has 0 amide bonds. The Morgan fingerprint density at radius 2 is 1.95 bits per heavy atom. The van der Waals surface area contributed by atoms with E-state index in [1.807, 2.05) is 31.2 Å². The molecule has 96 valence electrons. The molecular formula is C15H14FN3. The zero-order valence-electron chi connectivity index (χ0n) is 10.8. The van der Waals surface area contributed by atoms with Crippen LogP contribution in [0.2, 0.25) is 0 Å². The predicted molar refractivity (Wildman–Crippen MR) is 75.3 cm³/mol. The second-order valence-corrected chi connectivity index (χ2v) is 4.69. The maximum absolute atomic E-state index is 13.5. The Morgan fingerprint density at radius 1 is 1.11 bits per heavy atom. The summed E-state index contributed by atoms with van der Waals surface area (Å²) in [5, 5.41) is 3.07. The number of anilines is 2. The van der Waals surface area contributed by atoms with E-state index in [9.17, 15) is 4.39 Å². The average Bonchev–Trinajstić information content (AvgIpc) is 2.75. The van der Waals surface area contributed by atoms with Crippen LogP contribution in [-0.2, 0) is 0 Å². The minimum atomic E-state index is -0.225. The predicted octanol–water partition coefficient (Wildman–Crippen LogP) is 4.06. The van der Waals surface area contributed by atoms with Crippen molar-refractivity contribution in [3.63, 3.8) is 0 Å². The highest BCUT2D eigenvalue weighted by Gasteiger charge is 2.04. The van der Waals surface area contributed by atoms with Crippen molar-refractivity contribution < 1.29 is 4.39 Å². The Labute approximate surface area is 110 Å². The highest BCUT2D eigenvalue weighted by atomic mass is 19.1. The Balaban J connectivity index is 1.94. The number of H-pyrrole nitrogens is 1. The summed E-state index contributed by atoms with van der Waals surface area (Å²) < 4.78 is 13.5. The first-order valence-corrected chi connectivity index (χ1v) is 6.11. The number of rotatable bonds is 2. The van der Waals surface area contributed by atoms with Crippen LogP contribution in [-0.4, -0.2) is 9.97 Å². The van der Waals surface area contributed by atoms with Crippen LogP contribution in [0.4, 0.5) is 16.0 Å². The second kappa shape index (κ2) is 4.39. The van der Waals surface area contributed by atoms with Gasteiger partial charge in [-0.2, -0.15) is 0 Å². The van der Waals surface area contributed by atoms with Crippen molar-refractivity contribution in [2.75, 3.05) is 5.32 Å². The van der Waals surface area contributed by atoms with Crippen LogP contribution in [0.25, 0.3) is 11.0 Å². The topological polar surface area (TPSA) is 40.7 Å². The Morgan fingerprint density at radius 3 is 2.74 bits per heavy atom. The Hall–Kier alpha value is -2.36. The maximum Gasteiger partial charge on any atom is 0.205 e. The fraction of sp³-hybridized carbons (Fsp3) is 0.133. The zero-order valence-corrected chi connectivity index (χ0v) is 10.8. The third-order valence-corrected chi connectivity index (χ3v) is 3.07. The molecule has 0 unspecified atom stereocenters. The molecule has 0 radical (unpaired) electrons. The summed E-state index contributed by atoms with van der Waals surface area (Å²) in [4.78, 5) is 7.59. The van der Waals surface area contributed by atoms with Crippen molar-refractivity contribution in [3.05, 3.63) is 53.3 Å². The van der Waals surface area contributed by atoms with E-state index in [1.165, 1.54) is 11.6 Å². The number of aromatic nitrogens is 2. The molecule has 2 N–H and O–H groups in total. The normalized spacial score (nSPS) is 10.9. The van der Waals surface area contributed by atoms with E-state index in [-0.39, 0.29) is 5.82 Å². The molecule has 0 atom stereocenters. The van der Waals surface area contributed by atoms with Gasteiger partial charge in [-0.05, 0) is 49.2 Å². The van der Waals surface area contributed by atoms with Crippen LogP contribution in [0.1, 0.15) is 11.1 Å². The van der Waals surface area contributed by atoms with Crippen LogP contribution in [0.5, 0.6) is 0 Å². The molecule has 0 spiro atoms. The van der Waals surface area contributed by atoms with Gasteiger partial charge in [0.05, 0.1) is 11.0 Å². The van der Waals surface area contributed by atoms with Crippen LogP contribution < -0.4 is 5.32 Å². The lowest BCUT2D eigenvalue weighted by Crippen LogP contribution is -1.93. The molecule has 19 heavy (non-hydrogen) atoms. The number of halogens is 1. The monoisotopic (exact) mass is 255 g/mol. The van der Waals surface area contributed by atoms with Gasteiger partial charge in [0, 0.05) is 5.69 Å². The van der Waals surface area contributed by atoms with Crippen molar-refractivity contribution in [2.24, 2.45) is 0 Å². The number of hydrogen-bond donors (Lipinski definition) is 2. The molecule has 0 bridgehead atoms.